The molecule has 0 spiro atoms. The number of carbonyl (C=O) groups excluding carboxylic acids is 3. The lowest BCUT2D eigenvalue weighted by atomic mass is 10.0. The van der Waals surface area contributed by atoms with Crippen molar-refractivity contribution in [3.05, 3.63) is 60.8 Å². The first kappa shape index (κ1) is 66.1. The van der Waals surface area contributed by atoms with Gasteiger partial charge in [-0.25, -0.2) is 0 Å². The van der Waals surface area contributed by atoms with Gasteiger partial charge in [-0.3, -0.25) is 14.4 Å². The van der Waals surface area contributed by atoms with Gasteiger partial charge in [0.05, 0.1) is 0 Å². The Labute approximate surface area is 428 Å². The Hall–Kier alpha value is -2.89. The highest BCUT2D eigenvalue weighted by atomic mass is 16.6. The second-order valence-electron chi connectivity index (χ2n) is 19.9. The van der Waals surface area contributed by atoms with E-state index in [2.05, 4.69) is 81.5 Å². The van der Waals surface area contributed by atoms with E-state index < -0.39 is 6.10 Å². The van der Waals surface area contributed by atoms with Gasteiger partial charge in [-0.05, 0) is 83.5 Å². The summed E-state index contributed by atoms with van der Waals surface area (Å²) in [6.45, 7) is 6.51. The first-order valence-corrected chi connectivity index (χ1v) is 29.8. The van der Waals surface area contributed by atoms with Crippen molar-refractivity contribution in [1.29, 1.82) is 0 Å². The second-order valence-corrected chi connectivity index (χ2v) is 19.9. The Bertz CT molecular complexity index is 1250. The molecule has 0 heterocycles. The summed E-state index contributed by atoms with van der Waals surface area (Å²) >= 11 is 0. The summed E-state index contributed by atoms with van der Waals surface area (Å²) in [5, 5.41) is 0. The van der Waals surface area contributed by atoms with E-state index in [0.29, 0.717) is 19.3 Å². The van der Waals surface area contributed by atoms with Crippen LogP contribution in [0.3, 0.4) is 0 Å². The molecule has 0 fully saturated rings. The number of allylic oxidation sites excluding steroid dienone is 10. The van der Waals surface area contributed by atoms with Gasteiger partial charge in [0.1, 0.15) is 13.2 Å². The topological polar surface area (TPSA) is 78.9 Å². The number of hydrogen-bond acceptors (Lipinski definition) is 6. The summed E-state index contributed by atoms with van der Waals surface area (Å²) in [4.78, 5) is 38.2. The normalized spacial score (nSPS) is 12.4. The highest BCUT2D eigenvalue weighted by Gasteiger charge is 2.19. The van der Waals surface area contributed by atoms with Crippen LogP contribution in [0, 0.1) is 0 Å². The minimum absolute atomic E-state index is 0.0833. The fourth-order valence-corrected chi connectivity index (χ4v) is 8.55. The minimum Gasteiger partial charge on any atom is -0.462 e. The van der Waals surface area contributed by atoms with E-state index in [1.54, 1.807) is 0 Å². The SMILES string of the molecule is CC/C=C\C/C=C\C/C=C\CCCCCCCC(=O)OC(COC(=O)CCCCCCC/C=C\C/C=C\CCCCC)COC(=O)CCCCCCCCCCCCCCCCCCCCCCC. The molecule has 6 nitrogen and oxygen atoms in total. The number of carbonyl (C=O) groups is 3. The molecule has 400 valence electrons. The van der Waals surface area contributed by atoms with Crippen LogP contribution in [-0.4, -0.2) is 37.2 Å². The van der Waals surface area contributed by atoms with Gasteiger partial charge >= 0.3 is 17.9 Å². The third kappa shape index (κ3) is 55.9. The van der Waals surface area contributed by atoms with Gasteiger partial charge in [0.25, 0.3) is 0 Å². The van der Waals surface area contributed by atoms with Crippen molar-refractivity contribution in [1.82, 2.24) is 0 Å². The molecule has 0 aliphatic carbocycles. The highest BCUT2D eigenvalue weighted by Crippen LogP contribution is 2.17. The van der Waals surface area contributed by atoms with Crippen molar-refractivity contribution in [2.24, 2.45) is 0 Å². The zero-order valence-corrected chi connectivity index (χ0v) is 45.8. The molecule has 0 aromatic heterocycles. The molecule has 69 heavy (non-hydrogen) atoms. The summed E-state index contributed by atoms with van der Waals surface area (Å²) < 4.78 is 16.9. The predicted molar refractivity (Wildman–Crippen MR) is 298 cm³/mol. The smallest absolute Gasteiger partial charge is 0.306 e. The molecule has 0 saturated heterocycles. The van der Waals surface area contributed by atoms with E-state index in [0.717, 1.165) is 116 Å². The first-order valence-electron chi connectivity index (χ1n) is 29.8. The lowest BCUT2D eigenvalue weighted by molar-refractivity contribution is -0.167. The highest BCUT2D eigenvalue weighted by molar-refractivity contribution is 5.71. The summed E-state index contributed by atoms with van der Waals surface area (Å²) in [5.74, 6) is -0.901. The van der Waals surface area contributed by atoms with Crippen molar-refractivity contribution >= 4 is 17.9 Å². The fourth-order valence-electron chi connectivity index (χ4n) is 8.55. The average Bonchev–Trinajstić information content (AvgIpc) is 3.35. The maximum atomic E-state index is 12.9. The van der Waals surface area contributed by atoms with Gasteiger partial charge in [-0.15, -0.1) is 0 Å². The molecule has 1 atom stereocenters. The molecule has 0 aliphatic heterocycles. The third-order valence-corrected chi connectivity index (χ3v) is 13.0. The van der Waals surface area contributed by atoms with Gasteiger partial charge in [-0.2, -0.15) is 0 Å². The molecule has 0 bridgehead atoms. The molecule has 0 saturated carbocycles. The lowest BCUT2D eigenvalue weighted by Gasteiger charge is -2.18. The molecule has 0 radical (unpaired) electrons. The van der Waals surface area contributed by atoms with E-state index in [-0.39, 0.29) is 31.1 Å². The van der Waals surface area contributed by atoms with E-state index in [9.17, 15) is 14.4 Å². The second kappa shape index (κ2) is 57.7. The Kier molecular flexibility index (Phi) is 55.3. The molecule has 6 heteroatoms. The van der Waals surface area contributed by atoms with Crippen LogP contribution in [0.1, 0.15) is 303 Å². The number of ether oxygens (including phenoxy) is 3. The molecule has 0 aromatic carbocycles. The van der Waals surface area contributed by atoms with Crippen LogP contribution < -0.4 is 0 Å². The Morgan fingerprint density at radius 1 is 0.304 bits per heavy atom. The van der Waals surface area contributed by atoms with Gasteiger partial charge in [-0.1, -0.05) is 261 Å². The quantitative estimate of drug-likeness (QED) is 0.0262. The number of rotatable bonds is 54. The maximum absolute atomic E-state index is 12.9. The maximum Gasteiger partial charge on any atom is 0.306 e. The first-order chi connectivity index (χ1) is 34.0. The van der Waals surface area contributed by atoms with Crippen LogP contribution in [-0.2, 0) is 28.6 Å². The Morgan fingerprint density at radius 2 is 0.565 bits per heavy atom. The fraction of sp³-hybridized carbons (Fsp3) is 0.794. The van der Waals surface area contributed by atoms with Crippen LogP contribution in [0.5, 0.6) is 0 Å². The van der Waals surface area contributed by atoms with Crippen molar-refractivity contribution < 1.29 is 28.6 Å². The van der Waals surface area contributed by atoms with Crippen LogP contribution in [0.4, 0.5) is 0 Å². The van der Waals surface area contributed by atoms with Crippen LogP contribution in [0.15, 0.2) is 60.8 Å². The minimum atomic E-state index is -0.788. The van der Waals surface area contributed by atoms with E-state index in [1.165, 1.54) is 148 Å². The van der Waals surface area contributed by atoms with Gasteiger partial charge < -0.3 is 14.2 Å². The molecule has 0 aliphatic rings. The van der Waals surface area contributed by atoms with Gasteiger partial charge in [0.15, 0.2) is 6.10 Å². The summed E-state index contributed by atoms with van der Waals surface area (Å²) in [6, 6.07) is 0. The van der Waals surface area contributed by atoms with Crippen molar-refractivity contribution in [3.8, 4) is 0 Å². The lowest BCUT2D eigenvalue weighted by Crippen LogP contribution is -2.30. The summed E-state index contributed by atoms with van der Waals surface area (Å²) in [7, 11) is 0. The van der Waals surface area contributed by atoms with Gasteiger partial charge in [0, 0.05) is 19.3 Å². The molecule has 0 rings (SSSR count). The van der Waals surface area contributed by atoms with Crippen molar-refractivity contribution in [3.63, 3.8) is 0 Å². The predicted octanol–water partition coefficient (Wildman–Crippen LogP) is 20.0. The molecule has 0 amide bonds. The third-order valence-electron chi connectivity index (χ3n) is 13.0. The van der Waals surface area contributed by atoms with Gasteiger partial charge in [0.2, 0.25) is 0 Å². The Balaban J connectivity index is 4.34. The van der Waals surface area contributed by atoms with Crippen molar-refractivity contribution in [2.75, 3.05) is 13.2 Å². The van der Waals surface area contributed by atoms with Crippen LogP contribution in [0.25, 0.3) is 0 Å². The number of hydrogen-bond donors (Lipinski definition) is 0. The van der Waals surface area contributed by atoms with Crippen LogP contribution in [0.2, 0.25) is 0 Å². The average molecular weight is 966 g/mol. The molecule has 0 aromatic rings. The zero-order chi connectivity index (χ0) is 50.0. The molecule has 0 N–H and O–H groups in total. The van der Waals surface area contributed by atoms with Crippen LogP contribution >= 0.6 is 0 Å². The zero-order valence-electron chi connectivity index (χ0n) is 45.8. The number of unbranched alkanes of at least 4 members (excludes halogenated alkanes) is 33. The standard InChI is InChI=1S/C63H112O6/c1-4-7-10-13-16-19-22-25-28-29-30-31-32-33-36-38-41-44-47-50-53-56-62(65)68-59-60(69-63(66)57-54-51-48-45-42-39-35-27-24-21-18-15-12-9-6-3)58-67-61(64)55-52-49-46-43-40-37-34-26-23-20-17-14-11-8-5-2/h9,12,17-18,20-21,26-27,34-35,60H,4-8,10-11,13-16,19,22-25,28-33,36-59H2,1-3H3/b12-9-,20-17-,21-18-,34-26-,35-27-. The monoisotopic (exact) mass is 965 g/mol. The molecular formula is C63H112O6. The Morgan fingerprint density at radius 3 is 0.913 bits per heavy atom. The number of esters is 3. The van der Waals surface area contributed by atoms with E-state index in [1.807, 2.05) is 0 Å². The summed E-state index contributed by atoms with van der Waals surface area (Å²) in [5.41, 5.74) is 0. The largest absolute Gasteiger partial charge is 0.462 e. The van der Waals surface area contributed by atoms with E-state index >= 15 is 0 Å². The van der Waals surface area contributed by atoms with Crippen molar-refractivity contribution in [2.45, 2.75) is 309 Å². The molecule has 1 unspecified atom stereocenters. The van der Waals surface area contributed by atoms with E-state index in [4.69, 9.17) is 14.2 Å². The molecular weight excluding hydrogens is 853 g/mol. The summed E-state index contributed by atoms with van der Waals surface area (Å²) in [6.07, 6.45) is 72.2.